The van der Waals surface area contributed by atoms with Crippen molar-refractivity contribution in [3.63, 3.8) is 0 Å². The standard InChI is InChI=1S/C35H25N/c1-35(2)30-20-8-7-13-23(30)25-16-9-17-26(32(25)35)28-18-10-19-29-31-24-14-5-3-11-21(24)22-12-4-6-15-27(22)34(31)36-33(28)29/h3-20,36H,1-2H3. The molecule has 0 fully saturated rings. The van der Waals surface area contributed by atoms with Crippen molar-refractivity contribution in [3.8, 4) is 22.3 Å². The van der Waals surface area contributed by atoms with Gasteiger partial charge < -0.3 is 4.98 Å². The first-order valence-electron chi connectivity index (χ1n) is 12.7. The van der Waals surface area contributed by atoms with Crippen LogP contribution in [-0.4, -0.2) is 4.98 Å². The Balaban J connectivity index is 1.52. The van der Waals surface area contributed by atoms with Crippen molar-refractivity contribution in [1.29, 1.82) is 0 Å². The van der Waals surface area contributed by atoms with Crippen molar-refractivity contribution < 1.29 is 0 Å². The van der Waals surface area contributed by atoms with Crippen LogP contribution in [-0.2, 0) is 5.41 Å². The molecule has 170 valence electrons. The third kappa shape index (κ3) is 2.40. The summed E-state index contributed by atoms with van der Waals surface area (Å²) in [7, 11) is 0. The number of H-pyrrole nitrogens is 1. The molecule has 7 aromatic rings. The summed E-state index contributed by atoms with van der Waals surface area (Å²) in [5.74, 6) is 0. The molecule has 1 aromatic heterocycles. The molecule has 0 amide bonds. The zero-order valence-electron chi connectivity index (χ0n) is 20.4. The van der Waals surface area contributed by atoms with Crippen LogP contribution in [0.15, 0.2) is 109 Å². The summed E-state index contributed by atoms with van der Waals surface area (Å²) in [6.45, 7) is 4.74. The third-order valence-electron chi connectivity index (χ3n) is 8.39. The van der Waals surface area contributed by atoms with Crippen molar-refractivity contribution in [1.82, 2.24) is 4.98 Å². The number of benzene rings is 6. The van der Waals surface area contributed by atoms with Crippen LogP contribution in [0, 0.1) is 0 Å². The Labute approximate surface area is 210 Å². The first kappa shape index (κ1) is 19.9. The maximum atomic E-state index is 3.92. The lowest BCUT2D eigenvalue weighted by molar-refractivity contribution is 0.662. The fourth-order valence-electron chi connectivity index (χ4n) is 6.87. The van der Waals surface area contributed by atoms with E-state index in [0.717, 1.165) is 0 Å². The Hall–Kier alpha value is -4.36. The van der Waals surface area contributed by atoms with Gasteiger partial charge in [-0.3, -0.25) is 0 Å². The van der Waals surface area contributed by atoms with Gasteiger partial charge in [-0.1, -0.05) is 123 Å². The SMILES string of the molecule is CC1(C)c2ccccc2-c2cccc(-c3cccc4c3[nH]c3c5ccccc5c5ccccc5c43)c21. The number of aromatic nitrogens is 1. The zero-order chi connectivity index (χ0) is 24.0. The molecule has 0 atom stereocenters. The van der Waals surface area contributed by atoms with Gasteiger partial charge in [0.1, 0.15) is 0 Å². The van der Waals surface area contributed by atoms with E-state index >= 15 is 0 Å². The minimum atomic E-state index is -0.0594. The van der Waals surface area contributed by atoms with Crippen LogP contribution in [0.1, 0.15) is 25.0 Å². The summed E-state index contributed by atoms with van der Waals surface area (Å²) in [5.41, 5.74) is 10.5. The number of nitrogens with one attached hydrogen (secondary N) is 1. The highest BCUT2D eigenvalue weighted by Crippen LogP contribution is 2.53. The molecule has 1 N–H and O–H groups in total. The average Bonchev–Trinajstić information content (AvgIpc) is 3.43. The van der Waals surface area contributed by atoms with Crippen LogP contribution in [0.5, 0.6) is 0 Å². The molecule has 0 unspecified atom stereocenters. The largest absolute Gasteiger partial charge is 0.353 e. The predicted octanol–water partition coefficient (Wildman–Crippen LogP) is 9.60. The van der Waals surface area contributed by atoms with E-state index in [1.165, 1.54) is 76.7 Å². The number of fused-ring (bicyclic) bond motifs is 11. The van der Waals surface area contributed by atoms with Crippen LogP contribution < -0.4 is 0 Å². The molecule has 0 saturated heterocycles. The molecule has 1 nitrogen and oxygen atoms in total. The summed E-state index contributed by atoms with van der Waals surface area (Å²) in [4.78, 5) is 3.92. The second-order valence-electron chi connectivity index (χ2n) is 10.6. The lowest BCUT2D eigenvalue weighted by atomic mass is 9.78. The number of aromatic amines is 1. The Kier molecular flexibility index (Phi) is 3.79. The van der Waals surface area contributed by atoms with Gasteiger partial charge in [0, 0.05) is 27.1 Å². The lowest BCUT2D eigenvalue weighted by Crippen LogP contribution is -2.16. The Morgan fingerprint density at radius 2 is 0.972 bits per heavy atom. The van der Waals surface area contributed by atoms with Gasteiger partial charge in [0.15, 0.2) is 0 Å². The van der Waals surface area contributed by atoms with Crippen molar-refractivity contribution in [2.24, 2.45) is 0 Å². The topological polar surface area (TPSA) is 15.8 Å². The molecule has 1 aliphatic rings. The van der Waals surface area contributed by atoms with Crippen LogP contribution >= 0.6 is 0 Å². The summed E-state index contributed by atoms with van der Waals surface area (Å²) in [5, 5.41) is 7.79. The highest BCUT2D eigenvalue weighted by Gasteiger charge is 2.37. The number of hydrogen-bond acceptors (Lipinski definition) is 0. The molecule has 0 aliphatic heterocycles. The van der Waals surface area contributed by atoms with E-state index < -0.39 is 0 Å². The van der Waals surface area contributed by atoms with Gasteiger partial charge in [0.05, 0.1) is 11.0 Å². The first-order chi connectivity index (χ1) is 17.6. The fraction of sp³-hybridized carbons (Fsp3) is 0.0857. The van der Waals surface area contributed by atoms with Gasteiger partial charge in [0.2, 0.25) is 0 Å². The summed E-state index contributed by atoms with van der Waals surface area (Å²) in [6.07, 6.45) is 0. The van der Waals surface area contributed by atoms with E-state index in [-0.39, 0.29) is 5.41 Å². The van der Waals surface area contributed by atoms with E-state index in [4.69, 9.17) is 0 Å². The van der Waals surface area contributed by atoms with Crippen molar-refractivity contribution in [2.75, 3.05) is 0 Å². The molecule has 6 aromatic carbocycles. The van der Waals surface area contributed by atoms with Crippen LogP contribution in [0.25, 0.3) is 65.6 Å². The molecule has 1 aliphatic carbocycles. The first-order valence-corrected chi connectivity index (χ1v) is 12.7. The van der Waals surface area contributed by atoms with Crippen LogP contribution in [0.2, 0.25) is 0 Å². The molecule has 1 heterocycles. The van der Waals surface area contributed by atoms with Gasteiger partial charge in [-0.15, -0.1) is 0 Å². The quantitative estimate of drug-likeness (QED) is 0.235. The number of para-hydroxylation sites is 1. The molecular formula is C35H25N. The summed E-state index contributed by atoms with van der Waals surface area (Å²) >= 11 is 0. The van der Waals surface area contributed by atoms with E-state index in [9.17, 15) is 0 Å². The van der Waals surface area contributed by atoms with Crippen LogP contribution in [0.3, 0.4) is 0 Å². The second-order valence-corrected chi connectivity index (χ2v) is 10.6. The van der Waals surface area contributed by atoms with Gasteiger partial charge in [0.25, 0.3) is 0 Å². The van der Waals surface area contributed by atoms with E-state index in [0.29, 0.717) is 0 Å². The van der Waals surface area contributed by atoms with E-state index in [1.807, 2.05) is 0 Å². The minimum absolute atomic E-state index is 0.0594. The second kappa shape index (κ2) is 6.86. The van der Waals surface area contributed by atoms with Gasteiger partial charge in [-0.25, -0.2) is 0 Å². The van der Waals surface area contributed by atoms with Crippen molar-refractivity contribution in [3.05, 3.63) is 120 Å². The molecule has 8 rings (SSSR count). The highest BCUT2D eigenvalue weighted by atomic mass is 14.7. The normalized spacial score (nSPS) is 14.1. The Morgan fingerprint density at radius 1 is 0.444 bits per heavy atom. The summed E-state index contributed by atoms with van der Waals surface area (Å²) < 4.78 is 0. The Bertz CT molecular complexity index is 2020. The average molecular weight is 460 g/mol. The van der Waals surface area contributed by atoms with Gasteiger partial charge in [-0.05, 0) is 44.0 Å². The van der Waals surface area contributed by atoms with Gasteiger partial charge >= 0.3 is 0 Å². The van der Waals surface area contributed by atoms with Crippen LogP contribution in [0.4, 0.5) is 0 Å². The number of rotatable bonds is 1. The molecule has 0 bridgehead atoms. The third-order valence-corrected chi connectivity index (χ3v) is 8.39. The molecule has 0 saturated carbocycles. The molecule has 0 radical (unpaired) electrons. The Morgan fingerprint density at radius 3 is 1.78 bits per heavy atom. The summed E-state index contributed by atoms with van der Waals surface area (Å²) in [6, 6.07) is 40.1. The minimum Gasteiger partial charge on any atom is -0.353 e. The molecule has 0 spiro atoms. The highest BCUT2D eigenvalue weighted by molar-refractivity contribution is 6.32. The maximum absolute atomic E-state index is 3.92. The van der Waals surface area contributed by atoms with E-state index in [1.54, 1.807) is 0 Å². The van der Waals surface area contributed by atoms with Crippen molar-refractivity contribution in [2.45, 2.75) is 19.3 Å². The predicted molar refractivity (Wildman–Crippen MR) is 154 cm³/mol. The maximum Gasteiger partial charge on any atom is 0.0551 e. The molecular weight excluding hydrogens is 434 g/mol. The zero-order valence-corrected chi connectivity index (χ0v) is 20.4. The van der Waals surface area contributed by atoms with Crippen molar-refractivity contribution >= 4 is 43.4 Å². The molecule has 36 heavy (non-hydrogen) atoms. The number of hydrogen-bond donors (Lipinski definition) is 1. The monoisotopic (exact) mass is 459 g/mol. The smallest absolute Gasteiger partial charge is 0.0551 e. The lowest BCUT2D eigenvalue weighted by Gasteiger charge is -2.24. The molecule has 1 heteroatoms. The van der Waals surface area contributed by atoms with E-state index in [2.05, 4.69) is 128 Å². The fourth-order valence-corrected chi connectivity index (χ4v) is 6.87. The van der Waals surface area contributed by atoms with Gasteiger partial charge in [-0.2, -0.15) is 0 Å².